The van der Waals surface area contributed by atoms with Crippen molar-refractivity contribution in [3.8, 4) is 0 Å². The summed E-state index contributed by atoms with van der Waals surface area (Å²) >= 11 is 0. The van der Waals surface area contributed by atoms with Gasteiger partial charge in [-0.15, -0.1) is 0 Å². The molecular formula is C15H24N4O. The summed E-state index contributed by atoms with van der Waals surface area (Å²) in [5, 5.41) is 5.94. The quantitative estimate of drug-likeness (QED) is 0.748. The van der Waals surface area contributed by atoms with Gasteiger partial charge >= 0.3 is 6.03 Å². The molecule has 1 aliphatic rings. The first-order chi connectivity index (χ1) is 9.78. The highest BCUT2D eigenvalue weighted by Crippen LogP contribution is 2.09. The maximum absolute atomic E-state index is 11.8. The van der Waals surface area contributed by atoms with E-state index in [-0.39, 0.29) is 12.1 Å². The summed E-state index contributed by atoms with van der Waals surface area (Å²) in [6.45, 7) is 4.25. The molecule has 0 spiro atoms. The number of nitrogens with two attached hydrogens (primary N) is 1. The Hall–Kier alpha value is -1.59. The van der Waals surface area contributed by atoms with Gasteiger partial charge < -0.3 is 21.3 Å². The average Bonchev–Trinajstić information content (AvgIpc) is 2.49. The van der Waals surface area contributed by atoms with Gasteiger partial charge in [-0.05, 0) is 18.4 Å². The van der Waals surface area contributed by atoms with Crippen LogP contribution in [0.15, 0.2) is 30.3 Å². The van der Waals surface area contributed by atoms with Crippen molar-refractivity contribution in [1.29, 1.82) is 0 Å². The number of carbonyl (C=O) groups excluding carboxylic acids is 1. The molecule has 5 nitrogen and oxygen atoms in total. The van der Waals surface area contributed by atoms with Gasteiger partial charge in [-0.1, -0.05) is 30.3 Å². The Bertz CT molecular complexity index is 402. The fraction of sp³-hybridized carbons (Fsp3) is 0.533. The number of nitrogens with zero attached hydrogens (tertiary/aromatic N) is 1. The molecule has 4 N–H and O–H groups in total. The second-order valence-corrected chi connectivity index (χ2v) is 5.22. The van der Waals surface area contributed by atoms with Crippen LogP contribution in [-0.2, 0) is 6.54 Å². The first-order valence-corrected chi connectivity index (χ1v) is 7.28. The van der Waals surface area contributed by atoms with Crippen LogP contribution < -0.4 is 16.4 Å². The summed E-state index contributed by atoms with van der Waals surface area (Å²) in [6.07, 6.45) is 2.00. The number of amides is 2. The summed E-state index contributed by atoms with van der Waals surface area (Å²) in [5.41, 5.74) is 6.66. The van der Waals surface area contributed by atoms with Crippen molar-refractivity contribution in [2.24, 2.45) is 5.73 Å². The Morgan fingerprint density at radius 2 is 1.95 bits per heavy atom. The van der Waals surface area contributed by atoms with Gasteiger partial charge in [0.1, 0.15) is 0 Å². The molecule has 2 rings (SSSR count). The van der Waals surface area contributed by atoms with Crippen molar-refractivity contribution < 1.29 is 4.79 Å². The molecule has 0 aromatic heterocycles. The lowest BCUT2D eigenvalue weighted by molar-refractivity contribution is 0.195. The first kappa shape index (κ1) is 14.8. The van der Waals surface area contributed by atoms with Crippen molar-refractivity contribution >= 4 is 6.03 Å². The molecule has 1 aromatic carbocycles. The molecule has 1 heterocycles. The second-order valence-electron chi connectivity index (χ2n) is 5.22. The van der Waals surface area contributed by atoms with Crippen LogP contribution in [-0.4, -0.2) is 43.2 Å². The van der Waals surface area contributed by atoms with Gasteiger partial charge in [-0.2, -0.15) is 0 Å². The topological polar surface area (TPSA) is 70.4 Å². The molecule has 0 radical (unpaired) electrons. The van der Waals surface area contributed by atoms with E-state index in [0.717, 1.165) is 38.0 Å². The van der Waals surface area contributed by atoms with Crippen LogP contribution in [0.25, 0.3) is 0 Å². The maximum atomic E-state index is 11.8. The Kier molecular flexibility index (Phi) is 5.83. The number of piperidine rings is 1. The van der Waals surface area contributed by atoms with E-state index < -0.39 is 0 Å². The van der Waals surface area contributed by atoms with Gasteiger partial charge in [0.25, 0.3) is 0 Å². The monoisotopic (exact) mass is 276 g/mol. The summed E-state index contributed by atoms with van der Waals surface area (Å²) in [7, 11) is 0. The largest absolute Gasteiger partial charge is 0.335 e. The molecule has 0 saturated carbocycles. The molecule has 5 heteroatoms. The van der Waals surface area contributed by atoms with Gasteiger partial charge in [0.15, 0.2) is 0 Å². The van der Waals surface area contributed by atoms with Crippen molar-refractivity contribution in [1.82, 2.24) is 15.5 Å². The highest BCUT2D eigenvalue weighted by atomic mass is 16.2. The lowest BCUT2D eigenvalue weighted by atomic mass is 10.1. The van der Waals surface area contributed by atoms with Crippen LogP contribution in [0.3, 0.4) is 0 Å². The molecule has 0 bridgehead atoms. The molecule has 0 aliphatic carbocycles. The molecule has 1 aromatic rings. The lowest BCUT2D eigenvalue weighted by Crippen LogP contribution is -2.48. The summed E-state index contributed by atoms with van der Waals surface area (Å²) in [6, 6.07) is 10.1. The van der Waals surface area contributed by atoms with Crippen molar-refractivity contribution in [2.45, 2.75) is 25.4 Å². The third-order valence-electron chi connectivity index (χ3n) is 3.66. The zero-order valence-electron chi connectivity index (χ0n) is 11.8. The van der Waals surface area contributed by atoms with E-state index in [1.807, 2.05) is 30.3 Å². The van der Waals surface area contributed by atoms with Crippen molar-refractivity contribution in [2.75, 3.05) is 26.2 Å². The Morgan fingerprint density at radius 3 is 2.60 bits per heavy atom. The second kappa shape index (κ2) is 7.87. The Morgan fingerprint density at radius 1 is 1.25 bits per heavy atom. The molecule has 1 saturated heterocycles. The average molecular weight is 276 g/mol. The minimum atomic E-state index is -0.0777. The minimum absolute atomic E-state index is 0.0777. The molecule has 1 aliphatic heterocycles. The summed E-state index contributed by atoms with van der Waals surface area (Å²) < 4.78 is 0. The molecule has 2 amide bonds. The third kappa shape index (κ3) is 4.83. The summed E-state index contributed by atoms with van der Waals surface area (Å²) in [4.78, 5) is 14.2. The molecule has 1 fully saturated rings. The normalized spacial score (nSPS) is 16.9. The standard InChI is InChI=1S/C15H24N4O/c16-8-11-19-9-6-14(7-10-19)18-15(20)17-12-13-4-2-1-3-5-13/h1-5,14H,6-12,16H2,(H2,17,18,20). The summed E-state index contributed by atoms with van der Waals surface area (Å²) in [5.74, 6) is 0. The molecule has 0 atom stereocenters. The van der Waals surface area contributed by atoms with Crippen LogP contribution >= 0.6 is 0 Å². The predicted molar refractivity (Wildman–Crippen MR) is 80.3 cm³/mol. The highest BCUT2D eigenvalue weighted by molar-refractivity contribution is 5.74. The van der Waals surface area contributed by atoms with E-state index >= 15 is 0 Å². The zero-order valence-corrected chi connectivity index (χ0v) is 11.8. The zero-order chi connectivity index (χ0) is 14.2. The van der Waals surface area contributed by atoms with Gasteiger partial charge in [0, 0.05) is 38.8 Å². The van der Waals surface area contributed by atoms with E-state index in [4.69, 9.17) is 5.73 Å². The molecule has 20 heavy (non-hydrogen) atoms. The Labute approximate surface area is 120 Å². The number of urea groups is 1. The van der Waals surface area contributed by atoms with E-state index in [1.165, 1.54) is 0 Å². The first-order valence-electron chi connectivity index (χ1n) is 7.28. The number of hydrogen-bond acceptors (Lipinski definition) is 3. The van der Waals surface area contributed by atoms with Crippen LogP contribution in [0.2, 0.25) is 0 Å². The fourth-order valence-corrected chi connectivity index (χ4v) is 2.50. The van der Waals surface area contributed by atoms with E-state index in [9.17, 15) is 4.79 Å². The number of hydrogen-bond donors (Lipinski definition) is 3. The molecular weight excluding hydrogens is 252 g/mol. The van der Waals surface area contributed by atoms with Gasteiger partial charge in [0.2, 0.25) is 0 Å². The van der Waals surface area contributed by atoms with E-state index in [0.29, 0.717) is 13.1 Å². The van der Waals surface area contributed by atoms with Crippen LogP contribution in [0.5, 0.6) is 0 Å². The van der Waals surface area contributed by atoms with Crippen molar-refractivity contribution in [3.05, 3.63) is 35.9 Å². The number of rotatable bonds is 5. The van der Waals surface area contributed by atoms with Crippen LogP contribution in [0, 0.1) is 0 Å². The molecule has 110 valence electrons. The number of nitrogens with one attached hydrogen (secondary N) is 2. The lowest BCUT2D eigenvalue weighted by Gasteiger charge is -2.31. The highest BCUT2D eigenvalue weighted by Gasteiger charge is 2.19. The predicted octanol–water partition coefficient (Wildman–Crippen LogP) is 0.909. The third-order valence-corrected chi connectivity index (χ3v) is 3.66. The van der Waals surface area contributed by atoms with Crippen molar-refractivity contribution in [3.63, 3.8) is 0 Å². The van der Waals surface area contributed by atoms with Crippen LogP contribution in [0.1, 0.15) is 18.4 Å². The fourth-order valence-electron chi connectivity index (χ4n) is 2.50. The van der Waals surface area contributed by atoms with Crippen LogP contribution in [0.4, 0.5) is 4.79 Å². The molecule has 0 unspecified atom stereocenters. The maximum Gasteiger partial charge on any atom is 0.315 e. The number of carbonyl (C=O) groups is 1. The Balaban J connectivity index is 1.65. The smallest absolute Gasteiger partial charge is 0.315 e. The number of likely N-dealkylation sites (tertiary alicyclic amines) is 1. The van der Waals surface area contributed by atoms with E-state index in [1.54, 1.807) is 0 Å². The minimum Gasteiger partial charge on any atom is -0.335 e. The SMILES string of the molecule is NCCN1CCC(NC(=O)NCc2ccccc2)CC1. The van der Waals surface area contributed by atoms with E-state index in [2.05, 4.69) is 15.5 Å². The van der Waals surface area contributed by atoms with Gasteiger partial charge in [-0.25, -0.2) is 4.79 Å². The van der Waals surface area contributed by atoms with Gasteiger partial charge in [-0.3, -0.25) is 0 Å². The number of benzene rings is 1. The van der Waals surface area contributed by atoms with Gasteiger partial charge in [0.05, 0.1) is 0 Å².